The Balaban J connectivity index is 1.43. The number of rotatable bonds is 8. The number of aromatic hydroxyl groups is 1. The van der Waals surface area contributed by atoms with Crippen molar-refractivity contribution in [2.75, 3.05) is 4.90 Å². The predicted molar refractivity (Wildman–Crippen MR) is 149 cm³/mol. The van der Waals surface area contributed by atoms with Crippen molar-refractivity contribution >= 4 is 30.7 Å². The number of carbonyl (C=O) groups is 2. The number of para-hydroxylation sites is 1. The maximum atomic E-state index is 13.9. The van der Waals surface area contributed by atoms with Crippen molar-refractivity contribution in [1.29, 1.82) is 0 Å². The number of fused-ring (bicyclic) bond motifs is 3. The van der Waals surface area contributed by atoms with E-state index in [0.29, 0.717) is 36.8 Å². The van der Waals surface area contributed by atoms with Gasteiger partial charge in [-0.3, -0.25) is 14.5 Å². The van der Waals surface area contributed by atoms with Gasteiger partial charge in [0.1, 0.15) is 0 Å². The molecule has 3 aliphatic rings. The number of hydrogen-bond donors (Lipinski definition) is 2. The number of phenols is 1. The number of nitrogens with zero attached hydrogens (tertiary/aromatic N) is 1. The molecule has 2 aromatic rings. The van der Waals surface area contributed by atoms with E-state index in [4.69, 9.17) is 4.65 Å². The number of anilines is 1. The summed E-state index contributed by atoms with van der Waals surface area (Å²) in [7, 11) is -1.01. The summed E-state index contributed by atoms with van der Waals surface area (Å²) in [5.74, 6) is -2.55. The Morgan fingerprint density at radius 2 is 1.90 bits per heavy atom. The van der Waals surface area contributed by atoms with Crippen molar-refractivity contribution in [2.24, 2.45) is 17.8 Å². The Morgan fingerprint density at radius 1 is 1.13 bits per heavy atom. The maximum Gasteiger partial charge on any atom is 0.455 e. The Labute approximate surface area is 229 Å². The first kappa shape index (κ1) is 27.3. The average molecular weight is 531 g/mol. The molecular weight excluding hydrogens is 496 g/mol. The first-order valence-corrected chi connectivity index (χ1v) is 14.0. The van der Waals surface area contributed by atoms with Crippen LogP contribution < -0.4 is 4.90 Å². The van der Waals surface area contributed by atoms with E-state index in [2.05, 4.69) is 6.92 Å². The Hall–Kier alpha value is -3.23. The number of halogens is 1. The highest BCUT2D eigenvalue weighted by Gasteiger charge is 2.57. The van der Waals surface area contributed by atoms with Crippen LogP contribution in [-0.4, -0.2) is 35.2 Å². The fourth-order valence-electron chi connectivity index (χ4n) is 6.65. The predicted octanol–water partition coefficient (Wildman–Crippen LogP) is 5.91. The van der Waals surface area contributed by atoms with Gasteiger partial charge in [-0.2, -0.15) is 0 Å². The van der Waals surface area contributed by atoms with Crippen LogP contribution in [-0.2, 0) is 14.2 Å². The lowest BCUT2D eigenvalue weighted by Gasteiger charge is -2.43. The van der Waals surface area contributed by atoms with E-state index in [1.54, 1.807) is 18.2 Å². The van der Waals surface area contributed by atoms with Gasteiger partial charge in [0.2, 0.25) is 11.8 Å². The zero-order chi connectivity index (χ0) is 27.7. The third-order valence-corrected chi connectivity index (χ3v) is 8.40. The summed E-state index contributed by atoms with van der Waals surface area (Å²) in [6.07, 6.45) is 6.17. The van der Waals surface area contributed by atoms with Crippen LogP contribution in [0.15, 0.2) is 65.3 Å². The lowest BCUT2D eigenvalue weighted by Crippen LogP contribution is -2.46. The Morgan fingerprint density at radius 3 is 2.59 bits per heavy atom. The topological polar surface area (TPSA) is 87.1 Å². The van der Waals surface area contributed by atoms with Gasteiger partial charge in [-0.05, 0) is 79.7 Å². The molecule has 6 nitrogen and oxygen atoms in total. The SMILES string of the molecule is CCCC1=C2[C@@H](CC/C(=C/c3ccc(O)c(F)c3)CC)OB(O)C[C@@H]2[C@@H]2C(=O)N(c3ccccc3)C(=O)[C@@H]2C1. The van der Waals surface area contributed by atoms with Crippen molar-refractivity contribution in [2.45, 2.75) is 64.8 Å². The number of carbonyl (C=O) groups excluding carboxylic acids is 2. The largest absolute Gasteiger partial charge is 0.505 e. The van der Waals surface area contributed by atoms with Gasteiger partial charge in [0.05, 0.1) is 23.6 Å². The molecule has 2 fully saturated rings. The van der Waals surface area contributed by atoms with Crippen LogP contribution >= 0.6 is 0 Å². The monoisotopic (exact) mass is 531 g/mol. The molecule has 0 unspecified atom stereocenters. The van der Waals surface area contributed by atoms with Gasteiger partial charge in [-0.25, -0.2) is 4.39 Å². The van der Waals surface area contributed by atoms with E-state index in [1.807, 2.05) is 31.2 Å². The molecule has 2 aromatic carbocycles. The highest BCUT2D eigenvalue weighted by molar-refractivity contribution is 6.43. The molecule has 2 aliphatic heterocycles. The van der Waals surface area contributed by atoms with Crippen LogP contribution in [0.1, 0.15) is 57.9 Å². The second-order valence-electron chi connectivity index (χ2n) is 10.8. The van der Waals surface area contributed by atoms with Gasteiger partial charge in [-0.1, -0.05) is 61.8 Å². The molecule has 2 amide bonds. The van der Waals surface area contributed by atoms with E-state index < -0.39 is 24.8 Å². The van der Waals surface area contributed by atoms with Crippen LogP contribution in [0, 0.1) is 23.6 Å². The highest BCUT2D eigenvalue weighted by atomic mass is 19.1. The molecule has 4 atom stereocenters. The van der Waals surface area contributed by atoms with E-state index >= 15 is 0 Å². The third-order valence-electron chi connectivity index (χ3n) is 8.40. The van der Waals surface area contributed by atoms with Crippen LogP contribution in [0.2, 0.25) is 6.32 Å². The zero-order valence-corrected chi connectivity index (χ0v) is 22.5. The van der Waals surface area contributed by atoms with Crippen molar-refractivity contribution in [3.63, 3.8) is 0 Å². The van der Waals surface area contributed by atoms with E-state index in [9.17, 15) is 24.1 Å². The van der Waals surface area contributed by atoms with Gasteiger partial charge in [-0.15, -0.1) is 0 Å². The molecule has 0 aromatic heterocycles. The van der Waals surface area contributed by atoms with Gasteiger partial charge >= 0.3 is 7.12 Å². The molecule has 5 rings (SSSR count). The van der Waals surface area contributed by atoms with Crippen molar-refractivity contribution in [3.05, 3.63) is 76.6 Å². The fraction of sp³-hybridized carbons (Fsp3) is 0.419. The minimum absolute atomic E-state index is 0.154. The maximum absolute atomic E-state index is 13.9. The van der Waals surface area contributed by atoms with Crippen molar-refractivity contribution in [1.82, 2.24) is 0 Å². The minimum atomic E-state index is -1.01. The summed E-state index contributed by atoms with van der Waals surface area (Å²) < 4.78 is 20.0. The quantitative estimate of drug-likeness (QED) is 0.251. The second kappa shape index (κ2) is 11.5. The molecule has 8 heteroatoms. The average Bonchev–Trinajstić information content (AvgIpc) is 3.18. The zero-order valence-electron chi connectivity index (χ0n) is 22.5. The molecular formula is C31H35BFNO5. The van der Waals surface area contributed by atoms with Gasteiger partial charge in [0.15, 0.2) is 11.6 Å². The summed E-state index contributed by atoms with van der Waals surface area (Å²) in [6, 6.07) is 13.4. The summed E-state index contributed by atoms with van der Waals surface area (Å²) in [6.45, 7) is 4.14. The van der Waals surface area contributed by atoms with Gasteiger partial charge < -0.3 is 14.8 Å². The third kappa shape index (κ3) is 5.32. The molecule has 1 aliphatic carbocycles. The van der Waals surface area contributed by atoms with Crippen LogP contribution in [0.4, 0.5) is 10.1 Å². The standard InChI is InChI=1S/C31H35BFNO5/c1-3-8-21-17-23-29(31(37)34(30(23)36)22-9-6-5-7-10-22)24-18-32(38)39-27(28(21)24)14-12-19(4-2)15-20-11-13-26(35)25(33)16-20/h5-7,9-11,13,15-16,23-24,27,29,35,38H,3-4,8,12,14,17-18H2,1-2H3/b19-15+/t23-,24+,27-,29-/m1/s1. The summed E-state index contributed by atoms with van der Waals surface area (Å²) in [5.41, 5.74) is 4.62. The molecule has 2 saturated heterocycles. The van der Waals surface area contributed by atoms with Crippen LogP contribution in [0.3, 0.4) is 0 Å². The molecule has 204 valence electrons. The molecule has 0 spiro atoms. The molecule has 2 heterocycles. The molecule has 0 radical (unpaired) electrons. The number of phenolic OH excluding ortho intramolecular Hbond substituents is 1. The second-order valence-corrected chi connectivity index (χ2v) is 10.8. The minimum Gasteiger partial charge on any atom is -0.505 e. The van der Waals surface area contributed by atoms with Crippen LogP contribution in [0.25, 0.3) is 6.08 Å². The number of amides is 2. The first-order chi connectivity index (χ1) is 18.8. The van der Waals surface area contributed by atoms with E-state index in [0.717, 1.165) is 30.4 Å². The molecule has 0 saturated carbocycles. The summed E-state index contributed by atoms with van der Waals surface area (Å²) >= 11 is 0. The number of imide groups is 1. The van der Waals surface area contributed by atoms with Gasteiger partial charge in [0.25, 0.3) is 0 Å². The van der Waals surface area contributed by atoms with E-state index in [1.165, 1.54) is 22.6 Å². The summed E-state index contributed by atoms with van der Waals surface area (Å²) in [4.78, 5) is 28.6. The normalized spacial score (nSPS) is 25.3. The van der Waals surface area contributed by atoms with Crippen molar-refractivity contribution in [3.8, 4) is 5.75 Å². The highest BCUT2D eigenvalue weighted by Crippen LogP contribution is 2.52. The van der Waals surface area contributed by atoms with Crippen molar-refractivity contribution < 1.29 is 28.8 Å². The summed E-state index contributed by atoms with van der Waals surface area (Å²) in [5, 5.41) is 20.3. The number of hydrogen-bond acceptors (Lipinski definition) is 5. The fourth-order valence-corrected chi connectivity index (χ4v) is 6.65. The molecule has 2 N–H and O–H groups in total. The smallest absolute Gasteiger partial charge is 0.455 e. The molecule has 39 heavy (non-hydrogen) atoms. The Kier molecular flexibility index (Phi) is 8.05. The first-order valence-electron chi connectivity index (χ1n) is 14.0. The Bertz CT molecular complexity index is 1310. The number of allylic oxidation sites excluding steroid dienone is 2. The van der Waals surface area contributed by atoms with Gasteiger partial charge in [0, 0.05) is 0 Å². The molecule has 0 bridgehead atoms. The van der Waals surface area contributed by atoms with E-state index in [-0.39, 0.29) is 29.6 Å². The number of benzene rings is 2. The lowest BCUT2D eigenvalue weighted by molar-refractivity contribution is -0.122. The van der Waals surface area contributed by atoms with Crippen LogP contribution in [0.5, 0.6) is 5.75 Å². The lowest BCUT2D eigenvalue weighted by atomic mass is 9.58.